The molecule has 1 atom stereocenters. The van der Waals surface area contributed by atoms with Gasteiger partial charge in [0.05, 0.1) is 6.61 Å². The molecule has 0 saturated heterocycles. The van der Waals surface area contributed by atoms with Crippen LogP contribution in [-0.4, -0.2) is 52.9 Å². The van der Waals surface area contributed by atoms with Gasteiger partial charge in [-0.3, -0.25) is 4.79 Å². The Morgan fingerprint density at radius 1 is 1.60 bits per heavy atom. The van der Waals surface area contributed by atoms with Crippen molar-refractivity contribution in [2.75, 3.05) is 19.7 Å². The Balaban J connectivity index is 4.24. The molecule has 0 aliphatic heterocycles. The predicted molar refractivity (Wildman–Crippen MR) is 54.5 cm³/mol. The molecule has 3 N–H and O–H groups in total. The van der Waals surface area contributed by atoms with Crippen molar-refractivity contribution in [3.8, 4) is 0 Å². The molecule has 0 aliphatic carbocycles. The van der Waals surface area contributed by atoms with Crippen LogP contribution in [-0.2, 0) is 4.79 Å². The zero-order chi connectivity index (χ0) is 11.8. The summed E-state index contributed by atoms with van der Waals surface area (Å²) in [5.74, 6) is -1.11. The third-order valence-electron chi connectivity index (χ3n) is 1.72. The third kappa shape index (κ3) is 5.02. The zero-order valence-electron chi connectivity index (χ0n) is 8.64. The van der Waals surface area contributed by atoms with E-state index in [1.54, 1.807) is 0 Å². The van der Waals surface area contributed by atoms with E-state index in [0.29, 0.717) is 0 Å². The van der Waals surface area contributed by atoms with E-state index in [0.717, 1.165) is 0 Å². The second-order valence-corrected chi connectivity index (χ2v) is 2.97. The number of aliphatic hydroxyl groups excluding tert-OH is 1. The highest BCUT2D eigenvalue weighted by atomic mass is 16.4. The van der Waals surface area contributed by atoms with Crippen LogP contribution in [0.4, 0.5) is 4.79 Å². The molecule has 0 aliphatic rings. The fraction of sp³-hybridized carbons (Fsp3) is 0.556. The van der Waals surface area contributed by atoms with Crippen molar-refractivity contribution < 1.29 is 19.8 Å². The van der Waals surface area contributed by atoms with Crippen molar-refractivity contribution in [2.45, 2.75) is 13.0 Å². The second kappa shape index (κ2) is 6.83. The number of nitrogens with zero attached hydrogens (tertiary/aromatic N) is 1. The number of aliphatic hydroxyl groups is 1. The van der Waals surface area contributed by atoms with Gasteiger partial charge in [-0.05, 0) is 6.92 Å². The number of carbonyl (C=O) groups is 2. The quantitative estimate of drug-likeness (QED) is 0.529. The minimum Gasteiger partial charge on any atom is -0.480 e. The fourth-order valence-corrected chi connectivity index (χ4v) is 0.891. The molecular weight excluding hydrogens is 200 g/mol. The number of aliphatic carboxylic acids is 1. The van der Waals surface area contributed by atoms with Crippen LogP contribution in [0.15, 0.2) is 12.7 Å². The molecule has 0 fully saturated rings. The Morgan fingerprint density at radius 3 is 2.60 bits per heavy atom. The van der Waals surface area contributed by atoms with Gasteiger partial charge in [-0.2, -0.15) is 0 Å². The Morgan fingerprint density at radius 2 is 2.20 bits per heavy atom. The maximum absolute atomic E-state index is 11.4. The maximum Gasteiger partial charge on any atom is 0.325 e. The number of urea groups is 1. The van der Waals surface area contributed by atoms with Gasteiger partial charge in [0.2, 0.25) is 0 Å². The van der Waals surface area contributed by atoms with E-state index in [1.807, 2.05) is 0 Å². The van der Waals surface area contributed by atoms with Gasteiger partial charge in [0.15, 0.2) is 0 Å². The first-order valence-electron chi connectivity index (χ1n) is 4.53. The topological polar surface area (TPSA) is 89.9 Å². The maximum atomic E-state index is 11.4. The lowest BCUT2D eigenvalue weighted by Crippen LogP contribution is -2.47. The largest absolute Gasteiger partial charge is 0.480 e. The number of rotatable bonds is 6. The Bertz CT molecular complexity index is 242. The molecule has 0 rings (SSSR count). The summed E-state index contributed by atoms with van der Waals surface area (Å²) in [6.07, 6.45) is 1.50. The van der Waals surface area contributed by atoms with Crippen molar-refractivity contribution in [3.63, 3.8) is 0 Å². The molecular formula is C9H16N2O4. The monoisotopic (exact) mass is 216 g/mol. The molecule has 15 heavy (non-hydrogen) atoms. The highest BCUT2D eigenvalue weighted by Gasteiger charge is 2.17. The predicted octanol–water partition coefficient (Wildman–Crippen LogP) is -0.351. The van der Waals surface area contributed by atoms with E-state index in [2.05, 4.69) is 11.9 Å². The minimum atomic E-state index is -1.11. The lowest BCUT2D eigenvalue weighted by Gasteiger charge is -2.21. The first kappa shape index (κ1) is 13.4. The summed E-state index contributed by atoms with van der Waals surface area (Å²) in [6.45, 7) is 5.05. The summed E-state index contributed by atoms with van der Waals surface area (Å²) < 4.78 is 0. The molecule has 0 saturated carbocycles. The van der Waals surface area contributed by atoms with Crippen molar-refractivity contribution >= 4 is 12.0 Å². The average molecular weight is 216 g/mol. The number of amides is 2. The lowest BCUT2D eigenvalue weighted by molar-refractivity contribution is -0.138. The average Bonchev–Trinajstić information content (AvgIpc) is 2.17. The number of carboxylic acids is 1. The van der Waals surface area contributed by atoms with E-state index in [-0.39, 0.29) is 19.7 Å². The van der Waals surface area contributed by atoms with Gasteiger partial charge in [-0.15, -0.1) is 6.58 Å². The third-order valence-corrected chi connectivity index (χ3v) is 1.72. The summed E-state index contributed by atoms with van der Waals surface area (Å²) >= 11 is 0. The summed E-state index contributed by atoms with van der Waals surface area (Å²) in [4.78, 5) is 23.2. The van der Waals surface area contributed by atoms with E-state index in [9.17, 15) is 9.59 Å². The second-order valence-electron chi connectivity index (χ2n) is 2.97. The van der Waals surface area contributed by atoms with Crippen LogP contribution in [0.2, 0.25) is 0 Å². The highest BCUT2D eigenvalue weighted by Crippen LogP contribution is 1.92. The molecule has 0 unspecified atom stereocenters. The van der Waals surface area contributed by atoms with Gasteiger partial charge in [-0.1, -0.05) is 6.08 Å². The number of hydrogen-bond donors (Lipinski definition) is 3. The molecule has 0 aromatic rings. The van der Waals surface area contributed by atoms with E-state index in [1.165, 1.54) is 17.9 Å². The van der Waals surface area contributed by atoms with Crippen molar-refractivity contribution in [2.24, 2.45) is 0 Å². The molecule has 0 aromatic carbocycles. The van der Waals surface area contributed by atoms with Gasteiger partial charge >= 0.3 is 12.0 Å². The summed E-state index contributed by atoms with van der Waals surface area (Å²) in [7, 11) is 0. The summed E-state index contributed by atoms with van der Waals surface area (Å²) in [6, 6.07) is -1.48. The Labute approximate surface area is 88.2 Å². The van der Waals surface area contributed by atoms with Crippen LogP contribution >= 0.6 is 0 Å². The normalized spacial score (nSPS) is 11.6. The van der Waals surface area contributed by atoms with E-state index < -0.39 is 18.0 Å². The smallest absolute Gasteiger partial charge is 0.325 e. The van der Waals surface area contributed by atoms with Gasteiger partial charge in [0, 0.05) is 13.1 Å². The molecule has 86 valence electrons. The van der Waals surface area contributed by atoms with Gasteiger partial charge < -0.3 is 20.4 Å². The SMILES string of the molecule is C=CCN(CCO)C(=O)N[C@H](C)C(=O)O. The summed E-state index contributed by atoms with van der Waals surface area (Å²) in [5.41, 5.74) is 0. The minimum absolute atomic E-state index is 0.143. The first-order valence-corrected chi connectivity index (χ1v) is 4.53. The van der Waals surface area contributed by atoms with Crippen molar-refractivity contribution in [1.29, 1.82) is 0 Å². The van der Waals surface area contributed by atoms with Crippen LogP contribution in [0.1, 0.15) is 6.92 Å². The molecule has 0 heterocycles. The lowest BCUT2D eigenvalue weighted by atomic mass is 10.3. The van der Waals surface area contributed by atoms with E-state index >= 15 is 0 Å². The van der Waals surface area contributed by atoms with Crippen LogP contribution in [0.25, 0.3) is 0 Å². The zero-order valence-corrected chi connectivity index (χ0v) is 8.64. The van der Waals surface area contributed by atoms with E-state index in [4.69, 9.17) is 10.2 Å². The van der Waals surface area contributed by atoms with Crippen molar-refractivity contribution in [1.82, 2.24) is 10.2 Å². The highest BCUT2D eigenvalue weighted by molar-refractivity contribution is 5.82. The first-order chi connectivity index (χ1) is 7.02. The van der Waals surface area contributed by atoms with Crippen LogP contribution in [0, 0.1) is 0 Å². The molecule has 0 spiro atoms. The van der Waals surface area contributed by atoms with Gasteiger partial charge in [0.25, 0.3) is 0 Å². The Kier molecular flexibility index (Phi) is 6.12. The number of nitrogens with one attached hydrogen (secondary N) is 1. The van der Waals surface area contributed by atoms with Crippen LogP contribution in [0.3, 0.4) is 0 Å². The Hall–Kier alpha value is -1.56. The van der Waals surface area contributed by atoms with Gasteiger partial charge in [-0.25, -0.2) is 4.79 Å². The standard InChI is InChI=1S/C9H16N2O4/c1-3-4-11(5-6-12)9(15)10-7(2)8(13)14/h3,7,12H,1,4-6H2,2H3,(H,10,15)(H,13,14)/t7-/m1/s1. The van der Waals surface area contributed by atoms with Crippen LogP contribution in [0.5, 0.6) is 0 Å². The summed E-state index contributed by atoms with van der Waals surface area (Å²) in [5, 5.41) is 19.5. The molecule has 0 bridgehead atoms. The van der Waals surface area contributed by atoms with Crippen LogP contribution < -0.4 is 5.32 Å². The van der Waals surface area contributed by atoms with Crippen molar-refractivity contribution in [3.05, 3.63) is 12.7 Å². The molecule has 2 amide bonds. The molecule has 0 aromatic heterocycles. The number of hydrogen-bond acceptors (Lipinski definition) is 3. The molecule has 0 radical (unpaired) electrons. The molecule has 6 nitrogen and oxygen atoms in total. The molecule has 6 heteroatoms. The number of carboxylic acid groups (broad SMARTS) is 1. The fourth-order valence-electron chi connectivity index (χ4n) is 0.891. The van der Waals surface area contributed by atoms with Gasteiger partial charge in [0.1, 0.15) is 6.04 Å². The number of carbonyl (C=O) groups excluding carboxylic acids is 1.